The quantitative estimate of drug-likeness (QED) is 0.612. The minimum atomic E-state index is -1.18. The van der Waals surface area contributed by atoms with Gasteiger partial charge in [-0.15, -0.1) is 0 Å². The summed E-state index contributed by atoms with van der Waals surface area (Å²) >= 11 is 0. The number of aromatic nitrogens is 1. The number of hydrogen-bond donors (Lipinski definition) is 3. The van der Waals surface area contributed by atoms with Crippen LogP contribution < -0.4 is 15.8 Å². The summed E-state index contributed by atoms with van der Waals surface area (Å²) < 4.78 is 5.11. The molecule has 0 aliphatic heterocycles. The van der Waals surface area contributed by atoms with Gasteiger partial charge >= 0.3 is 0 Å². The average molecular weight is 239 g/mol. The molecule has 1 atom stereocenters. The number of primary amides is 1. The van der Waals surface area contributed by atoms with E-state index in [1.807, 2.05) is 13.0 Å². The number of carbonyl (C=O) groups excluding carboxylic acids is 1. The maximum absolute atomic E-state index is 10.6. The molecule has 1 unspecified atom stereocenters. The van der Waals surface area contributed by atoms with Crippen molar-refractivity contribution in [1.29, 1.82) is 0 Å². The molecule has 0 aliphatic rings. The molecule has 6 heteroatoms. The molecule has 0 fully saturated rings. The Morgan fingerprint density at radius 2 is 2.35 bits per heavy atom. The minimum absolute atomic E-state index is 0.104. The van der Waals surface area contributed by atoms with Crippen molar-refractivity contribution < 1.29 is 14.6 Å². The molecule has 1 amide bonds. The second-order valence-electron chi connectivity index (χ2n) is 3.69. The van der Waals surface area contributed by atoms with E-state index in [2.05, 4.69) is 10.3 Å². The van der Waals surface area contributed by atoms with Crippen molar-refractivity contribution in [3.63, 3.8) is 0 Å². The van der Waals surface area contributed by atoms with Crippen LogP contribution >= 0.6 is 0 Å². The van der Waals surface area contributed by atoms with Crippen LogP contribution in [0.5, 0.6) is 5.75 Å². The number of amides is 1. The summed E-state index contributed by atoms with van der Waals surface area (Å²) in [6, 6.07) is 3.61. The third-order valence-corrected chi connectivity index (χ3v) is 2.19. The van der Waals surface area contributed by atoms with Crippen LogP contribution in [0.4, 0.5) is 0 Å². The normalized spacial score (nSPS) is 12.2. The molecule has 0 bridgehead atoms. The number of rotatable bonds is 6. The van der Waals surface area contributed by atoms with Gasteiger partial charge in [-0.1, -0.05) is 0 Å². The number of nitrogens with zero attached hydrogens (tertiary/aromatic N) is 1. The lowest BCUT2D eigenvalue weighted by Crippen LogP contribution is -2.37. The Morgan fingerprint density at radius 1 is 1.65 bits per heavy atom. The van der Waals surface area contributed by atoms with E-state index >= 15 is 0 Å². The first-order valence-corrected chi connectivity index (χ1v) is 5.22. The Labute approximate surface area is 99.8 Å². The number of carbonyl (C=O) groups is 1. The van der Waals surface area contributed by atoms with E-state index in [4.69, 9.17) is 10.5 Å². The van der Waals surface area contributed by atoms with Crippen LogP contribution in [0.3, 0.4) is 0 Å². The number of methoxy groups -OCH3 is 1. The number of nitrogens with two attached hydrogens (primary N) is 1. The lowest BCUT2D eigenvalue weighted by Gasteiger charge is -2.09. The molecule has 0 spiro atoms. The Morgan fingerprint density at radius 3 is 2.94 bits per heavy atom. The summed E-state index contributed by atoms with van der Waals surface area (Å²) in [6.45, 7) is 2.40. The number of aryl methyl sites for hydroxylation is 1. The number of pyridine rings is 1. The van der Waals surface area contributed by atoms with Crippen LogP contribution in [0.2, 0.25) is 0 Å². The molecule has 6 nitrogen and oxygen atoms in total. The maximum Gasteiger partial charge on any atom is 0.247 e. The number of ether oxygens (including phenoxy) is 1. The SMILES string of the molecule is COc1cc(C)nc(CNCC(O)C(N)=O)c1. The Bertz CT molecular complexity index is 396. The largest absolute Gasteiger partial charge is 0.497 e. The highest BCUT2D eigenvalue weighted by atomic mass is 16.5. The lowest BCUT2D eigenvalue weighted by molar-refractivity contribution is -0.125. The summed E-state index contributed by atoms with van der Waals surface area (Å²) in [7, 11) is 1.59. The molecule has 0 aliphatic carbocycles. The second kappa shape index (κ2) is 6.17. The fourth-order valence-electron chi connectivity index (χ4n) is 1.35. The molecule has 1 rings (SSSR count). The highest BCUT2D eigenvalue weighted by Gasteiger charge is 2.09. The van der Waals surface area contributed by atoms with Gasteiger partial charge in [0.25, 0.3) is 0 Å². The lowest BCUT2D eigenvalue weighted by atomic mass is 10.2. The van der Waals surface area contributed by atoms with Crippen molar-refractivity contribution in [2.75, 3.05) is 13.7 Å². The predicted molar refractivity (Wildman–Crippen MR) is 62.4 cm³/mol. The maximum atomic E-state index is 10.6. The fraction of sp³-hybridized carbons (Fsp3) is 0.455. The molecule has 0 radical (unpaired) electrons. The van der Waals surface area contributed by atoms with Crippen molar-refractivity contribution in [3.8, 4) is 5.75 Å². The van der Waals surface area contributed by atoms with E-state index in [9.17, 15) is 9.90 Å². The van der Waals surface area contributed by atoms with Gasteiger partial charge in [-0.3, -0.25) is 9.78 Å². The van der Waals surface area contributed by atoms with Crippen molar-refractivity contribution in [2.45, 2.75) is 19.6 Å². The molecule has 0 saturated heterocycles. The van der Waals surface area contributed by atoms with Crippen LogP contribution in [0.25, 0.3) is 0 Å². The Hall–Kier alpha value is -1.66. The van der Waals surface area contributed by atoms with Gasteiger partial charge in [-0.2, -0.15) is 0 Å². The van der Waals surface area contributed by atoms with E-state index in [1.165, 1.54) is 0 Å². The highest BCUT2D eigenvalue weighted by molar-refractivity contribution is 5.78. The molecular weight excluding hydrogens is 222 g/mol. The highest BCUT2D eigenvalue weighted by Crippen LogP contribution is 2.12. The second-order valence-corrected chi connectivity index (χ2v) is 3.69. The Kier molecular flexibility index (Phi) is 4.86. The van der Waals surface area contributed by atoms with Crippen molar-refractivity contribution in [3.05, 3.63) is 23.5 Å². The molecule has 17 heavy (non-hydrogen) atoms. The average Bonchev–Trinajstić information content (AvgIpc) is 2.27. The van der Waals surface area contributed by atoms with Crippen molar-refractivity contribution >= 4 is 5.91 Å². The third kappa shape index (κ3) is 4.38. The number of aliphatic hydroxyl groups excluding tert-OH is 1. The zero-order chi connectivity index (χ0) is 12.8. The zero-order valence-corrected chi connectivity index (χ0v) is 9.93. The molecular formula is C11H17N3O3. The zero-order valence-electron chi connectivity index (χ0n) is 9.93. The third-order valence-electron chi connectivity index (χ3n) is 2.19. The first-order chi connectivity index (χ1) is 8.02. The first-order valence-electron chi connectivity index (χ1n) is 5.22. The van der Waals surface area contributed by atoms with Crippen LogP contribution in [0.15, 0.2) is 12.1 Å². The number of nitrogens with one attached hydrogen (secondary N) is 1. The van der Waals surface area contributed by atoms with E-state index in [0.29, 0.717) is 6.54 Å². The van der Waals surface area contributed by atoms with Gasteiger partial charge in [-0.25, -0.2) is 0 Å². The molecule has 1 aromatic heterocycles. The van der Waals surface area contributed by atoms with Crippen molar-refractivity contribution in [1.82, 2.24) is 10.3 Å². The van der Waals surface area contributed by atoms with Gasteiger partial charge < -0.3 is 20.9 Å². The van der Waals surface area contributed by atoms with E-state index in [1.54, 1.807) is 13.2 Å². The van der Waals surface area contributed by atoms with Gasteiger partial charge in [0.15, 0.2) is 0 Å². The van der Waals surface area contributed by atoms with Crippen LogP contribution in [-0.2, 0) is 11.3 Å². The molecule has 1 heterocycles. The van der Waals surface area contributed by atoms with Gasteiger partial charge in [0.2, 0.25) is 5.91 Å². The van der Waals surface area contributed by atoms with E-state index in [0.717, 1.165) is 17.1 Å². The van der Waals surface area contributed by atoms with Gasteiger partial charge in [0.05, 0.1) is 12.8 Å². The van der Waals surface area contributed by atoms with Crippen LogP contribution in [0, 0.1) is 6.92 Å². The summed E-state index contributed by atoms with van der Waals surface area (Å²) in [4.78, 5) is 14.9. The van der Waals surface area contributed by atoms with Crippen molar-refractivity contribution in [2.24, 2.45) is 5.73 Å². The summed E-state index contributed by atoms with van der Waals surface area (Å²) in [5.41, 5.74) is 6.54. The molecule has 94 valence electrons. The number of aliphatic hydroxyl groups is 1. The fourth-order valence-corrected chi connectivity index (χ4v) is 1.35. The van der Waals surface area contributed by atoms with Crippen LogP contribution in [-0.4, -0.2) is 35.8 Å². The topological polar surface area (TPSA) is 97.5 Å². The van der Waals surface area contributed by atoms with Gasteiger partial charge in [0, 0.05) is 30.9 Å². The molecule has 0 aromatic carbocycles. The van der Waals surface area contributed by atoms with E-state index < -0.39 is 12.0 Å². The van der Waals surface area contributed by atoms with Gasteiger partial charge in [-0.05, 0) is 6.92 Å². The molecule has 4 N–H and O–H groups in total. The predicted octanol–water partition coefficient (Wildman–Crippen LogP) is -0.666. The standard InChI is InChI=1S/C11H17N3O3/c1-7-3-9(17-2)4-8(14-7)5-13-6-10(15)11(12)16/h3-4,10,13,15H,5-6H2,1-2H3,(H2,12,16). The molecule has 1 aromatic rings. The Balaban J connectivity index is 2.51. The monoisotopic (exact) mass is 239 g/mol. The summed E-state index contributed by atoms with van der Waals surface area (Å²) in [5.74, 6) is -0.0166. The number of hydrogen-bond acceptors (Lipinski definition) is 5. The van der Waals surface area contributed by atoms with Gasteiger partial charge in [0.1, 0.15) is 11.9 Å². The van der Waals surface area contributed by atoms with Crippen LogP contribution in [0.1, 0.15) is 11.4 Å². The first kappa shape index (κ1) is 13.4. The summed E-state index contributed by atoms with van der Waals surface area (Å²) in [5, 5.41) is 12.1. The summed E-state index contributed by atoms with van der Waals surface area (Å²) in [6.07, 6.45) is -1.18. The minimum Gasteiger partial charge on any atom is -0.497 e. The smallest absolute Gasteiger partial charge is 0.247 e. The van der Waals surface area contributed by atoms with E-state index in [-0.39, 0.29) is 6.54 Å². The molecule has 0 saturated carbocycles.